The van der Waals surface area contributed by atoms with Crippen molar-refractivity contribution < 1.29 is 9.53 Å². The number of aromatic nitrogens is 1. The van der Waals surface area contributed by atoms with Crippen LogP contribution in [0.1, 0.15) is 24.8 Å². The zero-order valence-corrected chi connectivity index (χ0v) is 12.6. The maximum atomic E-state index is 12.1. The molecule has 1 aromatic heterocycles. The quantitative estimate of drug-likeness (QED) is 0.919. The third kappa shape index (κ3) is 3.35. The van der Waals surface area contributed by atoms with Crippen LogP contribution in [0.25, 0.3) is 0 Å². The van der Waals surface area contributed by atoms with E-state index in [4.69, 9.17) is 4.74 Å². The third-order valence-electron chi connectivity index (χ3n) is 4.54. The zero-order valence-electron chi connectivity index (χ0n) is 12.6. The number of hydrogen-bond donors (Lipinski definition) is 1. The van der Waals surface area contributed by atoms with Crippen molar-refractivity contribution in [2.45, 2.75) is 26.2 Å². The van der Waals surface area contributed by atoms with Gasteiger partial charge < -0.3 is 15.0 Å². The van der Waals surface area contributed by atoms with Crippen LogP contribution in [-0.2, 0) is 9.53 Å². The molecule has 0 radical (unpaired) electrons. The number of ether oxygens (including phenoxy) is 1. The summed E-state index contributed by atoms with van der Waals surface area (Å²) in [6, 6.07) is 3.99. The lowest BCUT2D eigenvalue weighted by atomic mass is 9.79. The molecule has 5 nitrogen and oxygen atoms in total. The van der Waals surface area contributed by atoms with Crippen molar-refractivity contribution >= 4 is 11.7 Å². The SMILES string of the molecule is Cc1ccnc(NCCN2C[C@@]3(CCOC3)CCC2=O)c1. The molecule has 1 N–H and O–H groups in total. The van der Waals surface area contributed by atoms with Gasteiger partial charge in [0.1, 0.15) is 5.82 Å². The second kappa shape index (κ2) is 6.02. The van der Waals surface area contributed by atoms with Crippen LogP contribution in [0.4, 0.5) is 5.82 Å². The van der Waals surface area contributed by atoms with Crippen molar-refractivity contribution in [3.05, 3.63) is 23.9 Å². The smallest absolute Gasteiger partial charge is 0.222 e. The highest BCUT2D eigenvalue weighted by atomic mass is 16.5. The van der Waals surface area contributed by atoms with Crippen LogP contribution in [0.5, 0.6) is 0 Å². The Morgan fingerprint density at radius 1 is 1.48 bits per heavy atom. The summed E-state index contributed by atoms with van der Waals surface area (Å²) < 4.78 is 5.54. The molecule has 3 rings (SSSR count). The number of piperidine rings is 1. The number of amides is 1. The monoisotopic (exact) mass is 289 g/mol. The first kappa shape index (κ1) is 14.3. The molecule has 2 fully saturated rings. The molecule has 1 amide bonds. The van der Waals surface area contributed by atoms with E-state index in [9.17, 15) is 4.79 Å². The van der Waals surface area contributed by atoms with Crippen molar-refractivity contribution in [1.29, 1.82) is 0 Å². The molecular formula is C16H23N3O2. The van der Waals surface area contributed by atoms with Crippen LogP contribution < -0.4 is 5.32 Å². The minimum atomic E-state index is 0.218. The predicted molar refractivity (Wildman–Crippen MR) is 81.1 cm³/mol. The van der Waals surface area contributed by atoms with Crippen molar-refractivity contribution in [3.8, 4) is 0 Å². The van der Waals surface area contributed by atoms with Crippen molar-refractivity contribution in [3.63, 3.8) is 0 Å². The molecule has 1 spiro atoms. The Morgan fingerprint density at radius 3 is 3.14 bits per heavy atom. The number of hydrogen-bond acceptors (Lipinski definition) is 4. The number of carbonyl (C=O) groups excluding carboxylic acids is 1. The lowest BCUT2D eigenvalue weighted by Crippen LogP contribution is -2.48. The zero-order chi connectivity index (χ0) is 14.7. The van der Waals surface area contributed by atoms with Crippen LogP contribution in [0, 0.1) is 12.3 Å². The van der Waals surface area contributed by atoms with E-state index in [1.54, 1.807) is 6.20 Å². The van der Waals surface area contributed by atoms with Gasteiger partial charge in [0.05, 0.1) is 6.61 Å². The number of rotatable bonds is 4. The number of nitrogens with one attached hydrogen (secondary N) is 1. The molecule has 0 aliphatic carbocycles. The number of anilines is 1. The van der Waals surface area contributed by atoms with E-state index in [1.807, 2.05) is 24.0 Å². The number of likely N-dealkylation sites (tertiary alicyclic amines) is 1. The second-order valence-electron chi connectivity index (χ2n) is 6.26. The van der Waals surface area contributed by atoms with E-state index in [0.717, 1.165) is 51.5 Å². The van der Waals surface area contributed by atoms with Gasteiger partial charge in [0.25, 0.3) is 0 Å². The van der Waals surface area contributed by atoms with E-state index in [0.29, 0.717) is 6.42 Å². The van der Waals surface area contributed by atoms with Crippen LogP contribution in [0.3, 0.4) is 0 Å². The lowest BCUT2D eigenvalue weighted by Gasteiger charge is -2.39. The molecule has 2 aliphatic rings. The van der Waals surface area contributed by atoms with Crippen LogP contribution in [0.2, 0.25) is 0 Å². The minimum absolute atomic E-state index is 0.218. The summed E-state index contributed by atoms with van der Waals surface area (Å²) in [5.41, 5.74) is 1.40. The molecule has 114 valence electrons. The fourth-order valence-corrected chi connectivity index (χ4v) is 3.23. The molecule has 0 unspecified atom stereocenters. The van der Waals surface area contributed by atoms with E-state index in [2.05, 4.69) is 10.3 Å². The minimum Gasteiger partial charge on any atom is -0.381 e. The van der Waals surface area contributed by atoms with Gasteiger partial charge in [-0.1, -0.05) is 0 Å². The van der Waals surface area contributed by atoms with Gasteiger partial charge in [-0.15, -0.1) is 0 Å². The highest BCUT2D eigenvalue weighted by Crippen LogP contribution is 2.37. The molecule has 0 saturated carbocycles. The Labute approximate surface area is 125 Å². The largest absolute Gasteiger partial charge is 0.381 e. The molecule has 2 saturated heterocycles. The van der Waals surface area contributed by atoms with Gasteiger partial charge in [-0.05, 0) is 37.5 Å². The van der Waals surface area contributed by atoms with Gasteiger partial charge in [-0.3, -0.25) is 4.79 Å². The normalized spacial score (nSPS) is 25.6. The molecule has 1 atom stereocenters. The third-order valence-corrected chi connectivity index (χ3v) is 4.54. The molecule has 3 heterocycles. The average molecular weight is 289 g/mol. The van der Waals surface area contributed by atoms with Crippen molar-refractivity contribution in [2.24, 2.45) is 5.41 Å². The summed E-state index contributed by atoms with van der Waals surface area (Å²) in [4.78, 5) is 18.3. The van der Waals surface area contributed by atoms with Gasteiger partial charge in [0, 0.05) is 44.3 Å². The first-order chi connectivity index (χ1) is 10.2. The summed E-state index contributed by atoms with van der Waals surface area (Å²) in [6.45, 7) is 6.01. The van der Waals surface area contributed by atoms with E-state index in [1.165, 1.54) is 5.56 Å². The van der Waals surface area contributed by atoms with E-state index in [-0.39, 0.29) is 11.3 Å². The van der Waals surface area contributed by atoms with Gasteiger partial charge in [0.2, 0.25) is 5.91 Å². The molecule has 0 aromatic carbocycles. The number of carbonyl (C=O) groups is 1. The highest BCUT2D eigenvalue weighted by molar-refractivity contribution is 5.77. The molecular weight excluding hydrogens is 266 g/mol. The molecule has 0 bridgehead atoms. The molecule has 21 heavy (non-hydrogen) atoms. The summed E-state index contributed by atoms with van der Waals surface area (Å²) in [7, 11) is 0. The summed E-state index contributed by atoms with van der Waals surface area (Å²) in [5.74, 6) is 1.14. The Hall–Kier alpha value is -1.62. The number of nitrogens with zero attached hydrogens (tertiary/aromatic N) is 2. The van der Waals surface area contributed by atoms with E-state index >= 15 is 0 Å². The van der Waals surface area contributed by atoms with Crippen LogP contribution in [-0.4, -0.2) is 48.6 Å². The predicted octanol–water partition coefficient (Wildman–Crippen LogP) is 1.83. The Balaban J connectivity index is 1.52. The van der Waals surface area contributed by atoms with Gasteiger partial charge in [-0.2, -0.15) is 0 Å². The molecule has 1 aromatic rings. The number of pyridine rings is 1. The Kier molecular flexibility index (Phi) is 4.10. The molecule has 2 aliphatic heterocycles. The Morgan fingerprint density at radius 2 is 2.38 bits per heavy atom. The maximum absolute atomic E-state index is 12.1. The Bertz CT molecular complexity index is 512. The average Bonchev–Trinajstić information content (AvgIpc) is 2.91. The van der Waals surface area contributed by atoms with Gasteiger partial charge in [-0.25, -0.2) is 4.98 Å². The van der Waals surface area contributed by atoms with Crippen LogP contribution in [0.15, 0.2) is 18.3 Å². The summed E-state index contributed by atoms with van der Waals surface area (Å²) >= 11 is 0. The fraction of sp³-hybridized carbons (Fsp3) is 0.625. The highest BCUT2D eigenvalue weighted by Gasteiger charge is 2.41. The lowest BCUT2D eigenvalue weighted by molar-refractivity contribution is -0.137. The fourth-order valence-electron chi connectivity index (χ4n) is 3.23. The van der Waals surface area contributed by atoms with Crippen LogP contribution >= 0.6 is 0 Å². The summed E-state index contributed by atoms with van der Waals surface area (Å²) in [6.07, 6.45) is 4.53. The first-order valence-corrected chi connectivity index (χ1v) is 7.69. The standard InChI is InChI=1S/C16H23N3O2/c1-13-3-6-17-14(10-13)18-7-8-19-11-16(4-2-15(19)20)5-9-21-12-16/h3,6,10H,2,4-5,7-9,11-12H2,1H3,(H,17,18)/t16-/m0/s1. The number of aryl methyl sites for hydroxylation is 1. The topological polar surface area (TPSA) is 54.5 Å². The van der Waals surface area contributed by atoms with Gasteiger partial charge >= 0.3 is 0 Å². The van der Waals surface area contributed by atoms with Crippen molar-refractivity contribution in [1.82, 2.24) is 9.88 Å². The maximum Gasteiger partial charge on any atom is 0.222 e. The van der Waals surface area contributed by atoms with Crippen molar-refractivity contribution in [2.75, 3.05) is 38.2 Å². The second-order valence-corrected chi connectivity index (χ2v) is 6.26. The van der Waals surface area contributed by atoms with Gasteiger partial charge in [0.15, 0.2) is 0 Å². The first-order valence-electron chi connectivity index (χ1n) is 7.69. The molecule has 5 heteroatoms. The summed E-state index contributed by atoms with van der Waals surface area (Å²) in [5, 5.41) is 3.30. The van der Waals surface area contributed by atoms with E-state index < -0.39 is 0 Å².